The maximum atomic E-state index is 11.7. The minimum absolute atomic E-state index is 0.186. The maximum absolute atomic E-state index is 11.7. The second kappa shape index (κ2) is 23.7. The number of hydrogen-bond donors (Lipinski definition) is 3. The van der Waals surface area contributed by atoms with Gasteiger partial charge in [-0.05, 0) is 38.5 Å². The lowest BCUT2D eigenvalue weighted by Crippen LogP contribution is -2.40. The Morgan fingerprint density at radius 1 is 0.923 bits per heavy atom. The molecule has 0 spiro atoms. The molecule has 39 heavy (non-hydrogen) atoms. The van der Waals surface area contributed by atoms with Gasteiger partial charge in [0.05, 0.1) is 33.0 Å². The Morgan fingerprint density at radius 2 is 1.36 bits per heavy atom. The van der Waals surface area contributed by atoms with Crippen LogP contribution in [-0.4, -0.2) is 102 Å². The summed E-state index contributed by atoms with van der Waals surface area (Å²) >= 11 is 0. The van der Waals surface area contributed by atoms with Crippen LogP contribution in [0, 0.1) is 17.8 Å². The zero-order valence-corrected chi connectivity index (χ0v) is 26.8. The van der Waals surface area contributed by atoms with E-state index in [0.717, 1.165) is 17.8 Å². The monoisotopic (exact) mass is 564 g/mol. The van der Waals surface area contributed by atoms with E-state index >= 15 is 0 Å². The number of oxime groups is 1. The van der Waals surface area contributed by atoms with Crippen molar-refractivity contribution in [3.8, 4) is 0 Å². The van der Waals surface area contributed by atoms with Crippen LogP contribution in [-0.2, 0) is 14.2 Å². The highest BCUT2D eigenvalue weighted by Gasteiger charge is 2.25. The summed E-state index contributed by atoms with van der Waals surface area (Å²) in [5.74, 6) is 2.50. The molecule has 2 saturated heterocycles. The molecule has 1 unspecified atom stereocenters. The minimum atomic E-state index is -0.925. The molecule has 2 heterocycles. The zero-order valence-electron chi connectivity index (χ0n) is 26.8. The molecule has 11 heteroatoms. The summed E-state index contributed by atoms with van der Waals surface area (Å²) < 4.78 is 15.4. The molecule has 2 fully saturated rings. The van der Waals surface area contributed by atoms with Gasteiger partial charge >= 0.3 is 12.2 Å². The average Bonchev–Trinajstić information content (AvgIpc) is 3.12. The second-order valence-corrected chi connectivity index (χ2v) is 12.4. The summed E-state index contributed by atoms with van der Waals surface area (Å²) in [4.78, 5) is 24.9. The standard InChI is InChI=1S/C10H18N2O4.C6H12N2O3.3C4H10/c1-10(2,3)16-9(13)12-4-5-15-7-8(6-12)11-14;7-5-3-8(6(9)10)1-2-11-4-5;3*1-4(2)3/h14H,4-7H2,1-3H3;5H,1-4,7H2,(H,9,10);3*4H,1-3H3/b11-8+;;;;. The van der Waals surface area contributed by atoms with E-state index in [2.05, 4.69) is 67.5 Å². The van der Waals surface area contributed by atoms with Gasteiger partial charge in [0.2, 0.25) is 0 Å². The van der Waals surface area contributed by atoms with E-state index in [1.807, 2.05) is 0 Å². The highest BCUT2D eigenvalue weighted by molar-refractivity contribution is 5.89. The first-order valence-electron chi connectivity index (χ1n) is 13.9. The Kier molecular flexibility index (Phi) is 25.2. The fourth-order valence-corrected chi connectivity index (χ4v) is 2.26. The Hall–Kier alpha value is -2.11. The highest BCUT2D eigenvalue weighted by Crippen LogP contribution is 2.11. The van der Waals surface area contributed by atoms with Crippen molar-refractivity contribution in [1.82, 2.24) is 9.80 Å². The molecule has 0 aromatic carbocycles. The Morgan fingerprint density at radius 3 is 1.77 bits per heavy atom. The maximum Gasteiger partial charge on any atom is 0.410 e. The number of nitrogens with two attached hydrogens (primary N) is 1. The molecule has 2 rings (SSSR count). The van der Waals surface area contributed by atoms with Crippen LogP contribution < -0.4 is 5.73 Å². The summed E-state index contributed by atoms with van der Waals surface area (Å²) in [6.07, 6.45) is -1.34. The lowest BCUT2D eigenvalue weighted by atomic mass is 10.2. The van der Waals surface area contributed by atoms with Crippen molar-refractivity contribution < 1.29 is 34.1 Å². The lowest BCUT2D eigenvalue weighted by Gasteiger charge is -2.25. The zero-order chi connectivity index (χ0) is 31.2. The first-order valence-corrected chi connectivity index (χ1v) is 13.9. The van der Waals surface area contributed by atoms with Crippen LogP contribution in [0.15, 0.2) is 5.16 Å². The molecule has 0 aliphatic carbocycles. The number of ether oxygens (including phenoxy) is 3. The Balaban J connectivity index is -0.000000484. The number of carboxylic acid groups (broad SMARTS) is 1. The van der Waals surface area contributed by atoms with Gasteiger partial charge in [-0.2, -0.15) is 0 Å². The van der Waals surface area contributed by atoms with Crippen molar-refractivity contribution in [3.05, 3.63) is 0 Å². The Bertz CT molecular complexity index is 628. The van der Waals surface area contributed by atoms with Crippen molar-refractivity contribution >= 4 is 17.9 Å². The third kappa shape index (κ3) is 33.9. The number of amides is 2. The Labute approximate surface area is 238 Å². The second-order valence-electron chi connectivity index (χ2n) is 12.4. The van der Waals surface area contributed by atoms with Gasteiger partial charge in [-0.3, -0.25) is 0 Å². The molecular formula is C28H60N4O7. The van der Waals surface area contributed by atoms with Crippen molar-refractivity contribution in [3.63, 3.8) is 0 Å². The average molecular weight is 565 g/mol. The van der Waals surface area contributed by atoms with Gasteiger partial charge in [0.25, 0.3) is 0 Å². The molecule has 0 aromatic rings. The quantitative estimate of drug-likeness (QED) is 0.262. The smallest absolute Gasteiger partial charge is 0.410 e. The summed E-state index contributed by atoms with van der Waals surface area (Å²) in [5, 5.41) is 20.4. The molecule has 2 aliphatic rings. The molecular weight excluding hydrogens is 504 g/mol. The van der Waals surface area contributed by atoms with E-state index in [-0.39, 0.29) is 19.2 Å². The number of rotatable bonds is 0. The van der Waals surface area contributed by atoms with E-state index in [1.54, 1.807) is 20.8 Å². The predicted octanol–water partition coefficient (Wildman–Crippen LogP) is 5.39. The summed E-state index contributed by atoms with van der Waals surface area (Å²) in [7, 11) is 0. The van der Waals surface area contributed by atoms with Crippen LogP contribution in [0.2, 0.25) is 0 Å². The van der Waals surface area contributed by atoms with Crippen LogP contribution in [0.4, 0.5) is 9.59 Å². The summed E-state index contributed by atoms with van der Waals surface area (Å²) in [5.41, 5.74) is 5.43. The van der Waals surface area contributed by atoms with Gasteiger partial charge in [0.1, 0.15) is 11.3 Å². The first kappa shape index (κ1) is 41.4. The third-order valence-electron chi connectivity index (χ3n) is 3.50. The van der Waals surface area contributed by atoms with Crippen molar-refractivity contribution in [2.75, 3.05) is 52.6 Å². The molecule has 0 radical (unpaired) electrons. The highest BCUT2D eigenvalue weighted by atomic mass is 16.6. The van der Waals surface area contributed by atoms with Crippen LogP contribution in [0.1, 0.15) is 83.1 Å². The fraction of sp³-hybridized carbons (Fsp3) is 0.893. The third-order valence-corrected chi connectivity index (χ3v) is 3.50. The van der Waals surface area contributed by atoms with Crippen LogP contribution in [0.25, 0.3) is 0 Å². The SMILES string of the molecule is CC(C)(C)OC(=O)N1CCOC/C(=N/O)C1.CC(C)C.CC(C)C.CC(C)C.NC1COCCN(C(=O)O)C1. The van der Waals surface area contributed by atoms with Gasteiger partial charge in [-0.1, -0.05) is 67.5 Å². The molecule has 234 valence electrons. The largest absolute Gasteiger partial charge is 0.465 e. The first-order chi connectivity index (χ1) is 17.8. The van der Waals surface area contributed by atoms with E-state index in [4.69, 9.17) is 30.3 Å². The molecule has 0 bridgehead atoms. The minimum Gasteiger partial charge on any atom is -0.465 e. The predicted molar refractivity (Wildman–Crippen MR) is 158 cm³/mol. The fourth-order valence-electron chi connectivity index (χ4n) is 2.26. The summed E-state index contributed by atoms with van der Waals surface area (Å²) in [6.45, 7) is 27.9. The molecule has 11 nitrogen and oxygen atoms in total. The molecule has 4 N–H and O–H groups in total. The summed E-state index contributed by atoms with van der Waals surface area (Å²) in [6, 6.07) is -0.186. The number of hydrogen-bond acceptors (Lipinski definition) is 8. The van der Waals surface area contributed by atoms with Crippen molar-refractivity contribution in [2.45, 2.75) is 94.7 Å². The van der Waals surface area contributed by atoms with E-state index in [0.29, 0.717) is 45.2 Å². The van der Waals surface area contributed by atoms with Gasteiger partial charge in [-0.15, -0.1) is 0 Å². The van der Waals surface area contributed by atoms with Crippen LogP contribution in [0.5, 0.6) is 0 Å². The lowest BCUT2D eigenvalue weighted by molar-refractivity contribution is 0.0251. The molecule has 0 saturated carbocycles. The van der Waals surface area contributed by atoms with E-state index < -0.39 is 17.8 Å². The van der Waals surface area contributed by atoms with Crippen LogP contribution in [0.3, 0.4) is 0 Å². The molecule has 2 amide bonds. The van der Waals surface area contributed by atoms with E-state index in [9.17, 15) is 9.59 Å². The van der Waals surface area contributed by atoms with Crippen LogP contribution >= 0.6 is 0 Å². The molecule has 1 atom stereocenters. The van der Waals surface area contributed by atoms with Gasteiger partial charge in [-0.25, -0.2) is 9.59 Å². The number of nitrogens with zero attached hydrogens (tertiary/aromatic N) is 3. The number of carbonyl (C=O) groups is 2. The van der Waals surface area contributed by atoms with Crippen molar-refractivity contribution in [2.24, 2.45) is 28.6 Å². The van der Waals surface area contributed by atoms with E-state index in [1.165, 1.54) is 9.80 Å². The molecule has 2 aliphatic heterocycles. The topological polar surface area (TPSA) is 147 Å². The molecule has 0 aromatic heterocycles. The normalized spacial score (nSPS) is 18.7. The van der Waals surface area contributed by atoms with Crippen molar-refractivity contribution in [1.29, 1.82) is 0 Å². The van der Waals surface area contributed by atoms with Gasteiger partial charge in [0, 0.05) is 25.7 Å². The number of carbonyl (C=O) groups excluding carboxylic acids is 1. The van der Waals surface area contributed by atoms with Gasteiger partial charge < -0.3 is 40.1 Å². The van der Waals surface area contributed by atoms with Gasteiger partial charge in [0.15, 0.2) is 0 Å².